The minimum Gasteiger partial charge on any atom is -0.322 e. The van der Waals surface area contributed by atoms with Crippen LogP contribution in [0, 0.1) is 5.82 Å². The van der Waals surface area contributed by atoms with E-state index in [2.05, 4.69) is 0 Å². The Kier molecular flexibility index (Phi) is 2.99. The van der Waals surface area contributed by atoms with Gasteiger partial charge in [-0.15, -0.1) is 0 Å². The van der Waals surface area contributed by atoms with Crippen molar-refractivity contribution in [1.82, 2.24) is 0 Å². The van der Waals surface area contributed by atoms with Crippen molar-refractivity contribution in [2.45, 2.75) is 19.4 Å². The topological polar surface area (TPSA) is 26.0 Å². The zero-order valence-electron chi connectivity index (χ0n) is 10.1. The summed E-state index contributed by atoms with van der Waals surface area (Å²) in [4.78, 5) is 0. The smallest absolute Gasteiger partial charge is 0.123 e. The second-order valence-electron chi connectivity index (χ2n) is 4.81. The lowest BCUT2D eigenvalue weighted by atomic mass is 9.92. The molecule has 0 aliphatic rings. The average Bonchev–Trinajstić information content (AvgIpc) is 2.29. The average molecular weight is 229 g/mol. The van der Waals surface area contributed by atoms with Gasteiger partial charge in [0.2, 0.25) is 0 Å². The molecule has 0 aliphatic heterocycles. The van der Waals surface area contributed by atoms with E-state index < -0.39 is 0 Å². The summed E-state index contributed by atoms with van der Waals surface area (Å²) in [5, 5.41) is 0. The predicted octanol–water partition coefficient (Wildman–Crippen LogP) is 3.69. The van der Waals surface area contributed by atoms with Crippen LogP contribution >= 0.6 is 0 Å². The third-order valence-corrected chi connectivity index (χ3v) is 2.78. The fourth-order valence-electron chi connectivity index (χ4n) is 1.74. The highest BCUT2D eigenvalue weighted by Crippen LogP contribution is 2.24. The predicted molar refractivity (Wildman–Crippen MR) is 69.0 cm³/mol. The highest BCUT2D eigenvalue weighted by atomic mass is 19.1. The van der Waals surface area contributed by atoms with Crippen LogP contribution in [-0.2, 0) is 5.54 Å². The van der Waals surface area contributed by atoms with Gasteiger partial charge in [-0.2, -0.15) is 0 Å². The molecular formula is C15H16FN. The van der Waals surface area contributed by atoms with Crippen LogP contribution in [0.25, 0.3) is 11.1 Å². The lowest BCUT2D eigenvalue weighted by Crippen LogP contribution is -2.28. The number of nitrogens with two attached hydrogens (primary N) is 1. The first-order valence-corrected chi connectivity index (χ1v) is 5.62. The molecule has 0 bridgehead atoms. The Labute approximate surface area is 101 Å². The van der Waals surface area contributed by atoms with Crippen molar-refractivity contribution >= 4 is 0 Å². The van der Waals surface area contributed by atoms with Crippen LogP contribution in [0.4, 0.5) is 4.39 Å². The number of hydrogen-bond acceptors (Lipinski definition) is 1. The molecule has 0 aromatic heterocycles. The van der Waals surface area contributed by atoms with E-state index in [1.165, 1.54) is 12.1 Å². The van der Waals surface area contributed by atoms with Crippen molar-refractivity contribution in [1.29, 1.82) is 0 Å². The largest absolute Gasteiger partial charge is 0.322 e. The molecule has 0 fully saturated rings. The Morgan fingerprint density at radius 3 is 2.18 bits per heavy atom. The van der Waals surface area contributed by atoms with Gasteiger partial charge in [0.05, 0.1) is 0 Å². The maximum absolute atomic E-state index is 12.9. The van der Waals surface area contributed by atoms with Gasteiger partial charge in [-0.1, -0.05) is 30.3 Å². The highest BCUT2D eigenvalue weighted by Gasteiger charge is 2.14. The molecule has 2 heteroatoms. The molecule has 2 rings (SSSR count). The van der Waals surface area contributed by atoms with Crippen molar-refractivity contribution in [2.24, 2.45) is 5.73 Å². The Morgan fingerprint density at radius 2 is 1.59 bits per heavy atom. The number of hydrogen-bond donors (Lipinski definition) is 1. The van der Waals surface area contributed by atoms with Gasteiger partial charge < -0.3 is 5.73 Å². The van der Waals surface area contributed by atoms with Gasteiger partial charge in [0.15, 0.2) is 0 Å². The summed E-state index contributed by atoms with van der Waals surface area (Å²) in [6, 6.07) is 14.5. The molecule has 0 unspecified atom stereocenters. The van der Waals surface area contributed by atoms with E-state index >= 15 is 0 Å². The molecule has 2 aromatic rings. The summed E-state index contributed by atoms with van der Waals surface area (Å²) >= 11 is 0. The van der Waals surface area contributed by atoms with Gasteiger partial charge in [0, 0.05) is 5.54 Å². The first-order valence-electron chi connectivity index (χ1n) is 5.62. The molecule has 88 valence electrons. The minimum atomic E-state index is -0.365. The number of rotatable bonds is 2. The van der Waals surface area contributed by atoms with Crippen LogP contribution in [0.3, 0.4) is 0 Å². The van der Waals surface area contributed by atoms with Crippen LogP contribution in [0.2, 0.25) is 0 Å². The Morgan fingerprint density at radius 1 is 0.941 bits per heavy atom. The molecule has 0 saturated carbocycles. The molecule has 0 radical (unpaired) electrons. The van der Waals surface area contributed by atoms with Gasteiger partial charge in [0.25, 0.3) is 0 Å². The summed E-state index contributed by atoms with van der Waals surface area (Å²) in [6.07, 6.45) is 0. The second kappa shape index (κ2) is 4.30. The quantitative estimate of drug-likeness (QED) is 0.835. The maximum atomic E-state index is 12.9. The SMILES string of the molecule is CC(C)(N)c1cccc(-c2ccc(F)cc2)c1. The lowest BCUT2D eigenvalue weighted by molar-refractivity contribution is 0.554. The summed E-state index contributed by atoms with van der Waals surface area (Å²) in [5.41, 5.74) is 8.83. The van der Waals surface area contributed by atoms with Crippen LogP contribution in [0.1, 0.15) is 19.4 Å². The summed E-state index contributed by atoms with van der Waals surface area (Å²) < 4.78 is 12.9. The molecule has 0 saturated heterocycles. The zero-order chi connectivity index (χ0) is 12.5. The molecule has 0 heterocycles. The third kappa shape index (κ3) is 2.71. The van der Waals surface area contributed by atoms with E-state index in [9.17, 15) is 4.39 Å². The van der Waals surface area contributed by atoms with Gasteiger partial charge in [-0.3, -0.25) is 0 Å². The Balaban J connectivity index is 2.43. The van der Waals surface area contributed by atoms with Crippen molar-refractivity contribution < 1.29 is 4.39 Å². The van der Waals surface area contributed by atoms with E-state index in [0.29, 0.717) is 0 Å². The molecular weight excluding hydrogens is 213 g/mol. The molecule has 1 nitrogen and oxygen atoms in total. The fourth-order valence-corrected chi connectivity index (χ4v) is 1.74. The van der Waals surface area contributed by atoms with Crippen molar-refractivity contribution in [3.63, 3.8) is 0 Å². The zero-order valence-corrected chi connectivity index (χ0v) is 10.1. The fraction of sp³-hybridized carbons (Fsp3) is 0.200. The molecule has 2 N–H and O–H groups in total. The minimum absolute atomic E-state index is 0.218. The first-order chi connectivity index (χ1) is 7.97. The van der Waals surface area contributed by atoms with Crippen LogP contribution in [0.15, 0.2) is 48.5 Å². The van der Waals surface area contributed by atoms with Crippen molar-refractivity contribution in [3.8, 4) is 11.1 Å². The highest BCUT2D eigenvalue weighted by molar-refractivity contribution is 5.64. The number of halogens is 1. The Bertz CT molecular complexity index is 509. The Hall–Kier alpha value is -1.67. The molecule has 17 heavy (non-hydrogen) atoms. The summed E-state index contributed by atoms with van der Waals surface area (Å²) in [5.74, 6) is -0.218. The van der Waals surface area contributed by atoms with E-state index in [-0.39, 0.29) is 11.4 Å². The summed E-state index contributed by atoms with van der Waals surface area (Å²) in [7, 11) is 0. The van der Waals surface area contributed by atoms with Gasteiger partial charge in [-0.05, 0) is 48.7 Å². The van der Waals surface area contributed by atoms with Crippen LogP contribution < -0.4 is 5.73 Å². The number of benzene rings is 2. The van der Waals surface area contributed by atoms with E-state index in [0.717, 1.165) is 16.7 Å². The molecule has 0 aliphatic carbocycles. The molecule has 0 amide bonds. The summed E-state index contributed by atoms with van der Waals surface area (Å²) in [6.45, 7) is 3.94. The monoisotopic (exact) mass is 229 g/mol. The van der Waals surface area contributed by atoms with Crippen LogP contribution in [-0.4, -0.2) is 0 Å². The van der Waals surface area contributed by atoms with Gasteiger partial charge in [-0.25, -0.2) is 4.39 Å². The van der Waals surface area contributed by atoms with E-state index in [4.69, 9.17) is 5.73 Å². The first kappa shape index (κ1) is 11.8. The third-order valence-electron chi connectivity index (χ3n) is 2.78. The van der Waals surface area contributed by atoms with Crippen molar-refractivity contribution in [2.75, 3.05) is 0 Å². The molecule has 0 atom stereocenters. The standard InChI is InChI=1S/C15H16FN/c1-15(2,17)13-5-3-4-12(10-13)11-6-8-14(16)9-7-11/h3-10H,17H2,1-2H3. The van der Waals surface area contributed by atoms with Gasteiger partial charge in [0.1, 0.15) is 5.82 Å². The second-order valence-corrected chi connectivity index (χ2v) is 4.81. The normalized spacial score (nSPS) is 11.5. The molecule has 2 aromatic carbocycles. The lowest BCUT2D eigenvalue weighted by Gasteiger charge is -2.19. The molecule has 0 spiro atoms. The van der Waals surface area contributed by atoms with E-state index in [1.807, 2.05) is 38.1 Å². The van der Waals surface area contributed by atoms with Crippen molar-refractivity contribution in [3.05, 3.63) is 59.9 Å². The van der Waals surface area contributed by atoms with Crippen LogP contribution in [0.5, 0.6) is 0 Å². The van der Waals surface area contributed by atoms with E-state index in [1.54, 1.807) is 12.1 Å². The maximum Gasteiger partial charge on any atom is 0.123 e. The van der Waals surface area contributed by atoms with Gasteiger partial charge >= 0.3 is 0 Å².